The molecule has 2 N–H and O–H groups in total. The van der Waals surface area contributed by atoms with E-state index in [1.807, 2.05) is 19.2 Å². The Morgan fingerprint density at radius 2 is 2.25 bits per heavy atom. The van der Waals surface area contributed by atoms with E-state index in [4.69, 9.17) is 0 Å². The third kappa shape index (κ3) is 4.02. The molecule has 5 nitrogen and oxygen atoms in total. The van der Waals surface area contributed by atoms with E-state index in [9.17, 15) is 9.90 Å². The number of pyridine rings is 1. The van der Waals surface area contributed by atoms with Crippen molar-refractivity contribution in [1.29, 1.82) is 0 Å². The maximum atomic E-state index is 12.3. The van der Waals surface area contributed by atoms with Gasteiger partial charge in [0.25, 0.3) is 0 Å². The lowest BCUT2D eigenvalue weighted by Gasteiger charge is -2.32. The number of aliphatic hydroxyl groups excluding tert-OH is 1. The predicted molar refractivity (Wildman–Crippen MR) is 77.2 cm³/mol. The van der Waals surface area contributed by atoms with Crippen LogP contribution in [0.5, 0.6) is 0 Å². The highest BCUT2D eigenvalue weighted by molar-refractivity contribution is 5.82. The molecule has 1 aromatic rings. The van der Waals surface area contributed by atoms with Gasteiger partial charge < -0.3 is 10.4 Å². The predicted octanol–water partition coefficient (Wildman–Crippen LogP) is 0.586. The molecule has 1 amide bonds. The Bertz CT molecular complexity index is 424. The Kier molecular flexibility index (Phi) is 5.49. The van der Waals surface area contributed by atoms with Gasteiger partial charge >= 0.3 is 0 Å². The van der Waals surface area contributed by atoms with Gasteiger partial charge in [0.2, 0.25) is 5.91 Å². The van der Waals surface area contributed by atoms with E-state index in [1.165, 1.54) is 0 Å². The van der Waals surface area contributed by atoms with E-state index in [0.717, 1.165) is 31.4 Å². The summed E-state index contributed by atoms with van der Waals surface area (Å²) in [6.07, 6.45) is 7.22. The minimum atomic E-state index is -0.236. The van der Waals surface area contributed by atoms with E-state index in [0.29, 0.717) is 6.42 Å². The lowest BCUT2D eigenvalue weighted by Crippen LogP contribution is -2.51. The second-order valence-electron chi connectivity index (χ2n) is 5.44. The molecule has 1 aromatic heterocycles. The molecule has 110 valence electrons. The first-order chi connectivity index (χ1) is 9.70. The average molecular weight is 277 g/mol. The van der Waals surface area contributed by atoms with Crippen LogP contribution in [0.2, 0.25) is 0 Å². The Morgan fingerprint density at radius 3 is 2.90 bits per heavy atom. The molecule has 1 aliphatic heterocycles. The van der Waals surface area contributed by atoms with Crippen LogP contribution in [0.25, 0.3) is 0 Å². The maximum absolute atomic E-state index is 12.3. The van der Waals surface area contributed by atoms with Crippen LogP contribution in [0.1, 0.15) is 24.8 Å². The van der Waals surface area contributed by atoms with Crippen LogP contribution in [-0.2, 0) is 11.2 Å². The number of nitrogens with one attached hydrogen (secondary N) is 1. The molecule has 5 heteroatoms. The molecule has 1 aliphatic rings. The smallest absolute Gasteiger partial charge is 0.237 e. The van der Waals surface area contributed by atoms with Crippen molar-refractivity contribution in [2.24, 2.45) is 0 Å². The number of rotatable bonds is 5. The van der Waals surface area contributed by atoms with Gasteiger partial charge in [0.1, 0.15) is 0 Å². The van der Waals surface area contributed by atoms with Gasteiger partial charge in [-0.15, -0.1) is 0 Å². The third-order valence-corrected chi connectivity index (χ3v) is 3.87. The fourth-order valence-corrected chi connectivity index (χ4v) is 2.67. The lowest BCUT2D eigenvalue weighted by molar-refractivity contribution is -0.128. The molecule has 0 bridgehead atoms. The maximum Gasteiger partial charge on any atom is 0.237 e. The lowest BCUT2D eigenvalue weighted by atomic mass is 10.0. The minimum Gasteiger partial charge on any atom is -0.394 e. The molecule has 0 saturated carbocycles. The Morgan fingerprint density at radius 1 is 1.50 bits per heavy atom. The van der Waals surface area contributed by atoms with Crippen LogP contribution in [0.4, 0.5) is 0 Å². The summed E-state index contributed by atoms with van der Waals surface area (Å²) < 4.78 is 0. The van der Waals surface area contributed by atoms with Crippen molar-refractivity contribution in [3.8, 4) is 0 Å². The zero-order chi connectivity index (χ0) is 14.4. The normalized spacial score (nSPS) is 21.4. The van der Waals surface area contributed by atoms with Gasteiger partial charge in [-0.25, -0.2) is 0 Å². The zero-order valence-corrected chi connectivity index (χ0v) is 12.0. The molecule has 2 atom stereocenters. The van der Waals surface area contributed by atoms with E-state index in [1.54, 1.807) is 12.4 Å². The molecule has 1 saturated heterocycles. The van der Waals surface area contributed by atoms with E-state index >= 15 is 0 Å². The summed E-state index contributed by atoms with van der Waals surface area (Å²) in [6, 6.07) is 3.51. The Hall–Kier alpha value is -1.46. The first-order valence-electron chi connectivity index (χ1n) is 7.21. The van der Waals surface area contributed by atoms with E-state index in [-0.39, 0.29) is 24.6 Å². The van der Waals surface area contributed by atoms with Crippen molar-refractivity contribution in [2.45, 2.75) is 37.8 Å². The Labute approximate surface area is 120 Å². The Balaban J connectivity index is 1.90. The number of hydrogen-bond acceptors (Lipinski definition) is 4. The topological polar surface area (TPSA) is 65.5 Å². The number of hydrogen-bond donors (Lipinski definition) is 2. The molecule has 2 rings (SSSR count). The van der Waals surface area contributed by atoms with Crippen molar-refractivity contribution < 1.29 is 9.90 Å². The standard InChI is InChI=1S/C15H23N3O2/c1-18-9-3-2-4-14(18)15(20)17-13(11-19)10-12-5-7-16-8-6-12/h5-8,13-14,19H,2-4,9-11H2,1H3,(H,17,20). The summed E-state index contributed by atoms with van der Waals surface area (Å²) in [6.45, 7) is 0.913. The highest BCUT2D eigenvalue weighted by Crippen LogP contribution is 2.15. The van der Waals surface area contributed by atoms with Gasteiger partial charge in [-0.2, -0.15) is 0 Å². The van der Waals surface area contributed by atoms with Crippen molar-refractivity contribution in [1.82, 2.24) is 15.2 Å². The number of aromatic nitrogens is 1. The number of likely N-dealkylation sites (N-methyl/N-ethyl adjacent to an activating group) is 1. The highest BCUT2D eigenvalue weighted by Gasteiger charge is 2.27. The van der Waals surface area contributed by atoms with Crippen LogP contribution in [-0.4, -0.2) is 53.2 Å². The van der Waals surface area contributed by atoms with Crippen LogP contribution < -0.4 is 5.32 Å². The van der Waals surface area contributed by atoms with Crippen molar-refractivity contribution >= 4 is 5.91 Å². The zero-order valence-electron chi connectivity index (χ0n) is 12.0. The number of carbonyl (C=O) groups is 1. The van der Waals surface area contributed by atoms with Crippen molar-refractivity contribution in [2.75, 3.05) is 20.2 Å². The number of nitrogens with zero attached hydrogens (tertiary/aromatic N) is 2. The van der Waals surface area contributed by atoms with Gasteiger partial charge in [-0.05, 0) is 50.6 Å². The number of likely N-dealkylation sites (tertiary alicyclic amines) is 1. The molecule has 0 aromatic carbocycles. The fourth-order valence-electron chi connectivity index (χ4n) is 2.67. The minimum absolute atomic E-state index is 0.0281. The largest absolute Gasteiger partial charge is 0.394 e. The van der Waals surface area contributed by atoms with Gasteiger partial charge in [0.15, 0.2) is 0 Å². The third-order valence-electron chi connectivity index (χ3n) is 3.87. The number of amides is 1. The van der Waals surface area contributed by atoms with Crippen LogP contribution in [0.15, 0.2) is 24.5 Å². The van der Waals surface area contributed by atoms with Crippen molar-refractivity contribution in [3.63, 3.8) is 0 Å². The van der Waals surface area contributed by atoms with Crippen molar-refractivity contribution in [3.05, 3.63) is 30.1 Å². The van der Waals surface area contributed by atoms with Gasteiger partial charge in [-0.1, -0.05) is 6.42 Å². The molecule has 2 unspecified atom stereocenters. The van der Waals surface area contributed by atoms with Crippen LogP contribution >= 0.6 is 0 Å². The second kappa shape index (κ2) is 7.36. The van der Waals surface area contributed by atoms with Gasteiger partial charge in [0.05, 0.1) is 18.7 Å². The van der Waals surface area contributed by atoms with Crippen LogP contribution in [0.3, 0.4) is 0 Å². The summed E-state index contributed by atoms with van der Waals surface area (Å²) in [5.74, 6) is 0.0281. The van der Waals surface area contributed by atoms with Gasteiger partial charge in [0, 0.05) is 12.4 Å². The second-order valence-corrected chi connectivity index (χ2v) is 5.44. The summed E-state index contributed by atoms with van der Waals surface area (Å²) in [4.78, 5) is 18.4. The molecule has 1 fully saturated rings. The first-order valence-corrected chi connectivity index (χ1v) is 7.21. The van der Waals surface area contributed by atoms with E-state index in [2.05, 4.69) is 15.2 Å². The fraction of sp³-hybridized carbons (Fsp3) is 0.600. The summed E-state index contributed by atoms with van der Waals surface area (Å²) in [5, 5.41) is 12.4. The first kappa shape index (κ1) is 14.9. The molecule has 0 radical (unpaired) electrons. The summed E-state index contributed by atoms with van der Waals surface area (Å²) in [5.41, 5.74) is 1.07. The van der Waals surface area contributed by atoms with Crippen LogP contribution in [0, 0.1) is 0 Å². The SMILES string of the molecule is CN1CCCCC1C(=O)NC(CO)Cc1ccncc1. The number of carbonyl (C=O) groups excluding carboxylic acids is 1. The molecular weight excluding hydrogens is 254 g/mol. The highest BCUT2D eigenvalue weighted by atomic mass is 16.3. The number of piperidine rings is 1. The quantitative estimate of drug-likeness (QED) is 0.826. The van der Waals surface area contributed by atoms with E-state index < -0.39 is 0 Å². The molecule has 20 heavy (non-hydrogen) atoms. The molecule has 0 aliphatic carbocycles. The monoisotopic (exact) mass is 277 g/mol. The molecular formula is C15H23N3O2. The number of aliphatic hydroxyl groups is 1. The summed E-state index contributed by atoms with van der Waals surface area (Å²) >= 11 is 0. The van der Waals surface area contributed by atoms with Gasteiger partial charge in [-0.3, -0.25) is 14.7 Å². The summed E-state index contributed by atoms with van der Waals surface area (Å²) in [7, 11) is 1.99. The average Bonchev–Trinajstić information content (AvgIpc) is 2.48. The molecule has 2 heterocycles. The molecule has 0 spiro atoms.